The van der Waals surface area contributed by atoms with Crippen molar-refractivity contribution < 1.29 is 0 Å². The van der Waals surface area contributed by atoms with Gasteiger partial charge in [-0.05, 0) is 36.5 Å². The highest BCUT2D eigenvalue weighted by molar-refractivity contribution is 6.04. The molecule has 6 heteroatoms. The lowest BCUT2D eigenvalue weighted by Gasteiger charge is -2.09. The number of hydrogen-bond acceptors (Lipinski definition) is 4. The molecule has 0 spiro atoms. The summed E-state index contributed by atoms with van der Waals surface area (Å²) < 4.78 is 3.76. The fourth-order valence-corrected chi connectivity index (χ4v) is 3.99. The quantitative estimate of drug-likeness (QED) is 0.410. The highest BCUT2D eigenvalue weighted by Gasteiger charge is 2.19. The third-order valence-electron chi connectivity index (χ3n) is 5.73. The van der Waals surface area contributed by atoms with Gasteiger partial charge in [0.2, 0.25) is 0 Å². The zero-order valence-electron chi connectivity index (χ0n) is 17.8. The molecule has 3 heterocycles. The Kier molecular flexibility index (Phi) is 4.98. The fourth-order valence-electron chi connectivity index (χ4n) is 3.99. The summed E-state index contributed by atoms with van der Waals surface area (Å²) >= 11 is 0. The lowest BCUT2D eigenvalue weighted by Crippen LogP contribution is -2.21. The second-order valence-corrected chi connectivity index (χ2v) is 8.40. The minimum atomic E-state index is -0.0429. The molecule has 0 amide bonds. The van der Waals surface area contributed by atoms with Gasteiger partial charge in [0.15, 0.2) is 11.3 Å². The van der Waals surface area contributed by atoms with Gasteiger partial charge in [-0.3, -0.25) is 9.36 Å². The Morgan fingerprint density at radius 3 is 2.32 bits per heavy atom. The fraction of sp³-hybridized carbons (Fsp3) is 0.280. The normalized spacial score (nSPS) is 11.8. The molecule has 0 atom stereocenters. The molecule has 0 aliphatic heterocycles. The molecule has 0 aliphatic carbocycles. The first-order valence-electron chi connectivity index (χ1n) is 10.8. The Labute approximate surface area is 180 Å². The molecular formula is C25H25N5O. The minimum absolute atomic E-state index is 0.0429. The van der Waals surface area contributed by atoms with Gasteiger partial charge in [-0.1, -0.05) is 56.3 Å². The average Bonchev–Trinajstić information content (AvgIpc) is 3.09. The molecule has 0 saturated heterocycles. The van der Waals surface area contributed by atoms with E-state index in [1.807, 2.05) is 47.0 Å². The van der Waals surface area contributed by atoms with Crippen LogP contribution in [-0.2, 0) is 19.5 Å². The second-order valence-electron chi connectivity index (χ2n) is 8.40. The van der Waals surface area contributed by atoms with Gasteiger partial charge in [-0.2, -0.15) is 0 Å². The molecule has 2 aromatic carbocycles. The molecule has 3 aromatic heterocycles. The van der Waals surface area contributed by atoms with Crippen LogP contribution in [0.2, 0.25) is 0 Å². The molecule has 0 radical (unpaired) electrons. The summed E-state index contributed by atoms with van der Waals surface area (Å²) in [6.45, 7) is 5.64. The topological polar surface area (TPSA) is 65.6 Å². The first-order chi connectivity index (χ1) is 15.1. The van der Waals surface area contributed by atoms with Crippen LogP contribution in [0.3, 0.4) is 0 Å². The summed E-state index contributed by atoms with van der Waals surface area (Å²) in [5, 5.41) is 0.563. The third kappa shape index (κ3) is 3.58. The number of para-hydroxylation sites is 2. The molecular weight excluding hydrogens is 386 g/mol. The standard InChI is InChI=1S/C25H25N5O/c1-17(2)12-14-29-16-26-23-21(25(29)31)22-24(28-20-11-7-6-10-19(20)27-22)30(23)15-13-18-8-4-3-5-9-18/h3-11,16-17H,12-15H2,1-2H3. The Bertz CT molecular complexity index is 1430. The van der Waals surface area contributed by atoms with Crippen molar-refractivity contribution in [3.05, 3.63) is 76.8 Å². The summed E-state index contributed by atoms with van der Waals surface area (Å²) in [6.07, 6.45) is 3.42. The predicted molar refractivity (Wildman–Crippen MR) is 124 cm³/mol. The molecule has 0 fully saturated rings. The van der Waals surface area contributed by atoms with E-state index in [1.165, 1.54) is 5.56 Å². The third-order valence-corrected chi connectivity index (χ3v) is 5.73. The van der Waals surface area contributed by atoms with Crippen LogP contribution in [0.25, 0.3) is 33.2 Å². The zero-order chi connectivity index (χ0) is 21.4. The molecule has 0 aliphatic rings. The van der Waals surface area contributed by atoms with Crippen LogP contribution in [0.4, 0.5) is 0 Å². The summed E-state index contributed by atoms with van der Waals surface area (Å²) in [5.74, 6) is 0.513. The van der Waals surface area contributed by atoms with Crippen LogP contribution < -0.4 is 5.56 Å². The monoisotopic (exact) mass is 411 g/mol. The van der Waals surface area contributed by atoms with Crippen molar-refractivity contribution in [2.24, 2.45) is 5.92 Å². The highest BCUT2D eigenvalue weighted by Crippen LogP contribution is 2.25. The van der Waals surface area contributed by atoms with Crippen LogP contribution in [0, 0.1) is 5.92 Å². The number of fused-ring (bicyclic) bond motifs is 4. The molecule has 0 saturated carbocycles. The lowest BCUT2D eigenvalue weighted by molar-refractivity contribution is 0.506. The van der Waals surface area contributed by atoms with Gasteiger partial charge in [0, 0.05) is 13.1 Å². The van der Waals surface area contributed by atoms with E-state index in [2.05, 4.69) is 26.0 Å². The molecule has 6 nitrogen and oxygen atoms in total. The summed E-state index contributed by atoms with van der Waals surface area (Å²) in [4.78, 5) is 27.9. The average molecular weight is 412 g/mol. The number of benzene rings is 2. The Balaban J connectivity index is 1.72. The predicted octanol–water partition coefficient (Wildman–Crippen LogP) is 4.58. The maximum atomic E-state index is 13.4. The van der Waals surface area contributed by atoms with Crippen molar-refractivity contribution in [3.8, 4) is 0 Å². The molecule has 0 N–H and O–H groups in total. The summed E-state index contributed by atoms with van der Waals surface area (Å²) in [6, 6.07) is 18.1. The maximum Gasteiger partial charge on any atom is 0.265 e. The van der Waals surface area contributed by atoms with E-state index in [-0.39, 0.29) is 5.56 Å². The summed E-state index contributed by atoms with van der Waals surface area (Å²) in [7, 11) is 0. The van der Waals surface area contributed by atoms with Crippen LogP contribution >= 0.6 is 0 Å². The van der Waals surface area contributed by atoms with E-state index < -0.39 is 0 Å². The Hall–Kier alpha value is -3.54. The number of nitrogens with zero attached hydrogens (tertiary/aromatic N) is 5. The van der Waals surface area contributed by atoms with E-state index in [1.54, 1.807) is 10.9 Å². The molecule has 31 heavy (non-hydrogen) atoms. The van der Waals surface area contributed by atoms with Gasteiger partial charge in [0.25, 0.3) is 5.56 Å². The molecule has 0 unspecified atom stereocenters. The Morgan fingerprint density at radius 2 is 1.58 bits per heavy atom. The van der Waals surface area contributed by atoms with Crippen molar-refractivity contribution in [3.63, 3.8) is 0 Å². The first kappa shape index (κ1) is 19.4. The highest BCUT2D eigenvalue weighted by atomic mass is 16.1. The van der Waals surface area contributed by atoms with Crippen LogP contribution in [-0.4, -0.2) is 24.1 Å². The number of rotatable bonds is 6. The van der Waals surface area contributed by atoms with Gasteiger partial charge in [-0.15, -0.1) is 0 Å². The molecule has 5 aromatic rings. The number of aromatic nitrogens is 5. The van der Waals surface area contributed by atoms with Gasteiger partial charge in [0.05, 0.1) is 17.4 Å². The van der Waals surface area contributed by atoms with E-state index in [0.29, 0.717) is 35.6 Å². The largest absolute Gasteiger partial charge is 0.308 e. The summed E-state index contributed by atoms with van der Waals surface area (Å²) in [5.41, 5.74) is 4.81. The number of hydrogen-bond donors (Lipinski definition) is 0. The Morgan fingerprint density at radius 1 is 0.871 bits per heavy atom. The zero-order valence-corrected chi connectivity index (χ0v) is 17.8. The molecule has 0 bridgehead atoms. The SMILES string of the molecule is CC(C)CCn1cnc2c(c1=O)c1nc3ccccc3nc1n2CCc1ccccc1. The number of aryl methyl sites for hydroxylation is 3. The van der Waals surface area contributed by atoms with Crippen molar-refractivity contribution >= 4 is 33.2 Å². The van der Waals surface area contributed by atoms with Crippen molar-refractivity contribution in [2.45, 2.75) is 39.8 Å². The van der Waals surface area contributed by atoms with Crippen LogP contribution in [0.15, 0.2) is 65.7 Å². The lowest BCUT2D eigenvalue weighted by atomic mass is 10.1. The van der Waals surface area contributed by atoms with Gasteiger partial charge < -0.3 is 4.57 Å². The van der Waals surface area contributed by atoms with Crippen LogP contribution in [0.1, 0.15) is 25.8 Å². The first-order valence-corrected chi connectivity index (χ1v) is 10.8. The maximum absolute atomic E-state index is 13.4. The second kappa shape index (κ2) is 7.95. The van der Waals surface area contributed by atoms with Crippen LogP contribution in [0.5, 0.6) is 0 Å². The molecule has 5 rings (SSSR count). The van der Waals surface area contributed by atoms with Crippen molar-refractivity contribution in [1.82, 2.24) is 24.1 Å². The van der Waals surface area contributed by atoms with E-state index in [4.69, 9.17) is 15.0 Å². The van der Waals surface area contributed by atoms with E-state index in [0.717, 1.165) is 29.5 Å². The minimum Gasteiger partial charge on any atom is -0.308 e. The van der Waals surface area contributed by atoms with E-state index >= 15 is 0 Å². The van der Waals surface area contributed by atoms with Gasteiger partial charge in [0.1, 0.15) is 10.9 Å². The molecule has 156 valence electrons. The van der Waals surface area contributed by atoms with Gasteiger partial charge >= 0.3 is 0 Å². The van der Waals surface area contributed by atoms with Crippen molar-refractivity contribution in [2.75, 3.05) is 0 Å². The van der Waals surface area contributed by atoms with Gasteiger partial charge in [-0.25, -0.2) is 15.0 Å². The van der Waals surface area contributed by atoms with Crippen molar-refractivity contribution in [1.29, 1.82) is 0 Å². The van der Waals surface area contributed by atoms with E-state index in [9.17, 15) is 4.79 Å². The smallest absolute Gasteiger partial charge is 0.265 e.